The summed E-state index contributed by atoms with van der Waals surface area (Å²) in [5.41, 5.74) is 0.683. The van der Waals surface area contributed by atoms with E-state index in [-0.39, 0.29) is 18.1 Å². The van der Waals surface area contributed by atoms with Crippen LogP contribution in [0.3, 0.4) is 0 Å². The summed E-state index contributed by atoms with van der Waals surface area (Å²) >= 11 is 0. The lowest BCUT2D eigenvalue weighted by Crippen LogP contribution is -2.35. The van der Waals surface area contributed by atoms with Crippen LogP contribution in [0.1, 0.15) is 24.2 Å². The first-order chi connectivity index (χ1) is 8.84. The van der Waals surface area contributed by atoms with Crippen LogP contribution in [-0.4, -0.2) is 26.9 Å². The first-order valence-electron chi connectivity index (χ1n) is 5.42. The Kier molecular flexibility index (Phi) is 4.87. The monoisotopic (exact) mass is 286 g/mol. The zero-order valence-corrected chi connectivity index (χ0v) is 11.3. The molecular formula is C11H14N2O5S. The van der Waals surface area contributed by atoms with Crippen molar-refractivity contribution in [1.82, 2.24) is 4.72 Å². The van der Waals surface area contributed by atoms with Crippen LogP contribution in [0, 0.1) is 0 Å². The molecule has 1 rings (SSSR count). The van der Waals surface area contributed by atoms with Gasteiger partial charge in [0.25, 0.3) is 0 Å². The molecule has 8 heteroatoms. The summed E-state index contributed by atoms with van der Waals surface area (Å²) in [5.74, 6) is -0.126. The SMILES string of the molecule is CCOC(=O)NS(=O)(=O)Nc1ccc(C(C)=O)cc1. The van der Waals surface area contributed by atoms with Crippen LogP contribution >= 0.6 is 0 Å². The lowest BCUT2D eigenvalue weighted by atomic mass is 10.1. The Morgan fingerprint density at radius 2 is 1.79 bits per heavy atom. The van der Waals surface area contributed by atoms with Gasteiger partial charge < -0.3 is 4.74 Å². The minimum absolute atomic E-state index is 0.0641. The van der Waals surface area contributed by atoms with Crippen molar-refractivity contribution in [1.29, 1.82) is 0 Å². The van der Waals surface area contributed by atoms with E-state index in [0.717, 1.165) is 0 Å². The number of anilines is 1. The molecule has 2 N–H and O–H groups in total. The van der Waals surface area contributed by atoms with Gasteiger partial charge in [-0.15, -0.1) is 0 Å². The van der Waals surface area contributed by atoms with Gasteiger partial charge >= 0.3 is 16.3 Å². The molecule has 1 aromatic rings. The van der Waals surface area contributed by atoms with Crippen molar-refractivity contribution in [3.63, 3.8) is 0 Å². The lowest BCUT2D eigenvalue weighted by molar-refractivity contribution is 0.101. The third kappa shape index (κ3) is 4.96. The number of ether oxygens (including phenoxy) is 1. The summed E-state index contributed by atoms with van der Waals surface area (Å²) < 4.78 is 31.3. The maximum Gasteiger partial charge on any atom is 0.422 e. The number of ketones is 1. The van der Waals surface area contributed by atoms with Gasteiger partial charge in [-0.05, 0) is 38.1 Å². The number of Topliss-reactive ketones (excluding diaryl/α,β-unsaturated/α-hetero) is 1. The maximum atomic E-state index is 11.5. The summed E-state index contributed by atoms with van der Waals surface area (Å²) in [5, 5.41) is 0. The Bertz CT molecular complexity index is 565. The van der Waals surface area contributed by atoms with Crippen LogP contribution in [0.25, 0.3) is 0 Å². The Hall–Kier alpha value is -2.09. The van der Waals surface area contributed by atoms with Crippen LogP contribution in [0.5, 0.6) is 0 Å². The highest BCUT2D eigenvalue weighted by atomic mass is 32.2. The van der Waals surface area contributed by atoms with E-state index >= 15 is 0 Å². The molecule has 1 aromatic carbocycles. The third-order valence-electron chi connectivity index (χ3n) is 2.04. The Morgan fingerprint density at radius 1 is 1.21 bits per heavy atom. The largest absolute Gasteiger partial charge is 0.449 e. The highest BCUT2D eigenvalue weighted by Gasteiger charge is 2.14. The first-order valence-corrected chi connectivity index (χ1v) is 6.90. The highest BCUT2D eigenvalue weighted by Crippen LogP contribution is 2.11. The molecule has 0 aliphatic rings. The smallest absolute Gasteiger partial charge is 0.422 e. The number of hydrogen-bond donors (Lipinski definition) is 2. The molecule has 0 spiro atoms. The molecule has 0 saturated carbocycles. The van der Waals surface area contributed by atoms with Gasteiger partial charge in [-0.3, -0.25) is 9.52 Å². The predicted octanol–water partition coefficient (Wildman–Crippen LogP) is 1.29. The standard InChI is InChI=1S/C11H14N2O5S/c1-3-18-11(15)13-19(16,17)12-10-6-4-9(5-7-10)8(2)14/h4-7,12H,3H2,1-2H3,(H,13,15). The Labute approximate surface area is 111 Å². The van der Waals surface area contributed by atoms with E-state index in [0.29, 0.717) is 5.56 Å². The van der Waals surface area contributed by atoms with Gasteiger partial charge in [0.2, 0.25) is 0 Å². The van der Waals surface area contributed by atoms with Crippen molar-refractivity contribution < 1.29 is 22.7 Å². The Morgan fingerprint density at radius 3 is 2.26 bits per heavy atom. The molecule has 104 valence electrons. The van der Waals surface area contributed by atoms with Crippen molar-refractivity contribution in [2.45, 2.75) is 13.8 Å². The van der Waals surface area contributed by atoms with E-state index in [1.165, 1.54) is 31.2 Å². The van der Waals surface area contributed by atoms with E-state index in [4.69, 9.17) is 0 Å². The van der Waals surface area contributed by atoms with Gasteiger partial charge in [-0.2, -0.15) is 8.42 Å². The molecule has 0 fully saturated rings. The van der Waals surface area contributed by atoms with Crippen molar-refractivity contribution in [2.75, 3.05) is 11.3 Å². The molecule has 0 atom stereocenters. The summed E-state index contributed by atoms with van der Waals surface area (Å²) in [6.07, 6.45) is -1.06. The number of amides is 1. The van der Waals surface area contributed by atoms with Crippen LogP contribution in [0.2, 0.25) is 0 Å². The zero-order chi connectivity index (χ0) is 14.5. The minimum atomic E-state index is -4.05. The fourth-order valence-corrected chi connectivity index (χ4v) is 2.00. The van der Waals surface area contributed by atoms with Crippen LogP contribution < -0.4 is 9.44 Å². The summed E-state index contributed by atoms with van der Waals surface area (Å²) in [4.78, 5) is 22.0. The summed E-state index contributed by atoms with van der Waals surface area (Å²) in [6, 6.07) is 5.79. The van der Waals surface area contributed by atoms with E-state index in [9.17, 15) is 18.0 Å². The Balaban J connectivity index is 2.73. The minimum Gasteiger partial charge on any atom is -0.449 e. The maximum absolute atomic E-state index is 11.5. The summed E-state index contributed by atoms with van der Waals surface area (Å²) in [7, 11) is -4.05. The average molecular weight is 286 g/mol. The second-order valence-electron chi connectivity index (χ2n) is 3.56. The normalized spacial score (nSPS) is 10.6. The van der Waals surface area contributed by atoms with Gasteiger partial charge in [0.05, 0.1) is 12.3 Å². The second-order valence-corrected chi connectivity index (χ2v) is 4.98. The third-order valence-corrected chi connectivity index (χ3v) is 2.98. The zero-order valence-electron chi connectivity index (χ0n) is 10.5. The molecule has 0 aliphatic heterocycles. The molecular weight excluding hydrogens is 272 g/mol. The number of benzene rings is 1. The fourth-order valence-electron chi connectivity index (χ4n) is 1.22. The number of nitrogens with one attached hydrogen (secondary N) is 2. The number of carbonyl (C=O) groups excluding carboxylic acids is 2. The lowest BCUT2D eigenvalue weighted by Gasteiger charge is -2.09. The van der Waals surface area contributed by atoms with E-state index in [2.05, 4.69) is 9.46 Å². The molecule has 7 nitrogen and oxygen atoms in total. The molecule has 19 heavy (non-hydrogen) atoms. The van der Waals surface area contributed by atoms with Crippen molar-refractivity contribution >= 4 is 27.8 Å². The van der Waals surface area contributed by atoms with Gasteiger partial charge in [-0.25, -0.2) is 9.52 Å². The van der Waals surface area contributed by atoms with Gasteiger partial charge in [0.1, 0.15) is 0 Å². The number of rotatable bonds is 5. The van der Waals surface area contributed by atoms with Crippen molar-refractivity contribution in [3.05, 3.63) is 29.8 Å². The molecule has 0 aliphatic carbocycles. The molecule has 0 bridgehead atoms. The number of hydrogen-bond acceptors (Lipinski definition) is 5. The van der Waals surface area contributed by atoms with Crippen molar-refractivity contribution in [2.24, 2.45) is 0 Å². The molecule has 0 heterocycles. The van der Waals surface area contributed by atoms with Gasteiger partial charge in [0, 0.05) is 5.56 Å². The van der Waals surface area contributed by atoms with E-state index < -0.39 is 16.3 Å². The number of carbonyl (C=O) groups is 2. The van der Waals surface area contributed by atoms with Gasteiger partial charge in [0.15, 0.2) is 5.78 Å². The average Bonchev–Trinajstić information content (AvgIpc) is 2.28. The van der Waals surface area contributed by atoms with E-state index in [1.807, 2.05) is 0 Å². The topological polar surface area (TPSA) is 102 Å². The second kappa shape index (κ2) is 6.19. The van der Waals surface area contributed by atoms with Gasteiger partial charge in [-0.1, -0.05) is 0 Å². The van der Waals surface area contributed by atoms with Crippen LogP contribution in [0.4, 0.5) is 10.5 Å². The molecule has 0 radical (unpaired) electrons. The first kappa shape index (κ1) is 15.0. The fraction of sp³-hybridized carbons (Fsp3) is 0.273. The molecule has 1 amide bonds. The molecule has 0 unspecified atom stereocenters. The summed E-state index contributed by atoms with van der Waals surface area (Å²) in [6.45, 7) is 3.02. The highest BCUT2D eigenvalue weighted by molar-refractivity contribution is 7.91. The molecule has 0 saturated heterocycles. The quantitative estimate of drug-likeness (QED) is 0.794. The predicted molar refractivity (Wildman–Crippen MR) is 69.1 cm³/mol. The van der Waals surface area contributed by atoms with Crippen LogP contribution in [-0.2, 0) is 14.9 Å². The van der Waals surface area contributed by atoms with E-state index in [1.54, 1.807) is 11.6 Å². The molecule has 0 aromatic heterocycles. The van der Waals surface area contributed by atoms with Crippen molar-refractivity contribution in [3.8, 4) is 0 Å². The van der Waals surface area contributed by atoms with Crippen LogP contribution in [0.15, 0.2) is 24.3 Å².